The molecule has 1 aliphatic carbocycles. The fourth-order valence-electron chi connectivity index (χ4n) is 1.86. The minimum absolute atomic E-state index is 0.574. The SMILES string of the molecule is CCC(Nc1cc(OC)ccn1)C1CC1. The van der Waals surface area contributed by atoms with Gasteiger partial charge in [0.1, 0.15) is 11.6 Å². The molecule has 1 aromatic rings. The minimum atomic E-state index is 0.574. The van der Waals surface area contributed by atoms with Gasteiger partial charge in [0.2, 0.25) is 0 Å². The van der Waals surface area contributed by atoms with E-state index in [1.165, 1.54) is 12.8 Å². The highest BCUT2D eigenvalue weighted by Gasteiger charge is 2.29. The van der Waals surface area contributed by atoms with Gasteiger partial charge in [-0.3, -0.25) is 0 Å². The van der Waals surface area contributed by atoms with E-state index in [1.54, 1.807) is 13.3 Å². The van der Waals surface area contributed by atoms with Crippen LogP contribution in [0.5, 0.6) is 5.75 Å². The van der Waals surface area contributed by atoms with E-state index in [0.29, 0.717) is 6.04 Å². The average Bonchev–Trinajstić information content (AvgIpc) is 3.10. The van der Waals surface area contributed by atoms with Crippen LogP contribution in [-0.4, -0.2) is 18.1 Å². The van der Waals surface area contributed by atoms with Crippen LogP contribution in [0.2, 0.25) is 0 Å². The maximum atomic E-state index is 5.17. The van der Waals surface area contributed by atoms with Gasteiger partial charge in [0.05, 0.1) is 7.11 Å². The van der Waals surface area contributed by atoms with Crippen LogP contribution in [0.1, 0.15) is 26.2 Å². The molecular formula is C12H18N2O. The third-order valence-corrected chi connectivity index (χ3v) is 2.93. The molecule has 0 spiro atoms. The number of ether oxygens (including phenoxy) is 1. The van der Waals surface area contributed by atoms with Crippen molar-refractivity contribution >= 4 is 5.82 Å². The molecule has 1 N–H and O–H groups in total. The standard InChI is InChI=1S/C12H18N2O/c1-3-11(9-4-5-9)14-12-8-10(15-2)6-7-13-12/h6-9,11H,3-5H2,1-2H3,(H,13,14). The predicted molar refractivity (Wildman–Crippen MR) is 61.2 cm³/mol. The maximum Gasteiger partial charge on any atom is 0.129 e. The molecule has 0 radical (unpaired) electrons. The average molecular weight is 206 g/mol. The summed E-state index contributed by atoms with van der Waals surface area (Å²) in [6.07, 6.45) is 5.65. The van der Waals surface area contributed by atoms with Gasteiger partial charge < -0.3 is 10.1 Å². The van der Waals surface area contributed by atoms with Crippen molar-refractivity contribution in [2.45, 2.75) is 32.2 Å². The van der Waals surface area contributed by atoms with Crippen LogP contribution < -0.4 is 10.1 Å². The van der Waals surface area contributed by atoms with E-state index < -0.39 is 0 Å². The molecule has 1 heterocycles. The summed E-state index contributed by atoms with van der Waals surface area (Å²) in [5.41, 5.74) is 0. The Labute approximate surface area is 90.9 Å². The van der Waals surface area contributed by atoms with E-state index in [4.69, 9.17) is 4.74 Å². The lowest BCUT2D eigenvalue weighted by molar-refractivity contribution is 0.414. The normalized spacial score (nSPS) is 17.2. The molecule has 3 heteroatoms. The Hall–Kier alpha value is -1.25. The summed E-state index contributed by atoms with van der Waals surface area (Å²) in [6, 6.07) is 4.39. The Balaban J connectivity index is 2.01. The topological polar surface area (TPSA) is 34.1 Å². The van der Waals surface area contributed by atoms with Gasteiger partial charge in [-0.1, -0.05) is 6.92 Å². The first kappa shape index (κ1) is 10.3. The van der Waals surface area contributed by atoms with Crippen molar-refractivity contribution in [1.29, 1.82) is 0 Å². The number of nitrogens with one attached hydrogen (secondary N) is 1. The summed E-state index contributed by atoms with van der Waals surface area (Å²) in [5, 5.41) is 3.47. The highest BCUT2D eigenvalue weighted by Crippen LogP contribution is 2.35. The smallest absolute Gasteiger partial charge is 0.129 e. The Morgan fingerprint density at radius 3 is 3.00 bits per heavy atom. The van der Waals surface area contributed by atoms with E-state index >= 15 is 0 Å². The molecule has 1 saturated carbocycles. The number of pyridine rings is 1. The number of hydrogen-bond acceptors (Lipinski definition) is 3. The van der Waals surface area contributed by atoms with Gasteiger partial charge in [-0.25, -0.2) is 4.98 Å². The van der Waals surface area contributed by atoms with E-state index in [0.717, 1.165) is 23.9 Å². The molecule has 2 rings (SSSR count). The Kier molecular flexibility index (Phi) is 3.09. The molecule has 0 amide bonds. The highest BCUT2D eigenvalue weighted by molar-refractivity contribution is 5.41. The second-order valence-corrected chi connectivity index (χ2v) is 4.08. The summed E-state index contributed by atoms with van der Waals surface area (Å²) >= 11 is 0. The molecule has 1 fully saturated rings. The van der Waals surface area contributed by atoms with Crippen LogP contribution in [0.25, 0.3) is 0 Å². The van der Waals surface area contributed by atoms with Crippen LogP contribution in [0.4, 0.5) is 5.82 Å². The third-order valence-electron chi connectivity index (χ3n) is 2.93. The quantitative estimate of drug-likeness (QED) is 0.804. The number of nitrogens with zero attached hydrogens (tertiary/aromatic N) is 1. The van der Waals surface area contributed by atoms with Crippen LogP contribution in [0.3, 0.4) is 0 Å². The molecule has 1 unspecified atom stereocenters. The third kappa shape index (κ3) is 2.61. The number of rotatable bonds is 5. The zero-order valence-corrected chi connectivity index (χ0v) is 9.36. The lowest BCUT2D eigenvalue weighted by atomic mass is 10.1. The molecule has 0 saturated heterocycles. The van der Waals surface area contributed by atoms with Gasteiger partial charge >= 0.3 is 0 Å². The Morgan fingerprint density at radius 2 is 2.40 bits per heavy atom. The summed E-state index contributed by atoms with van der Waals surface area (Å²) in [7, 11) is 1.68. The number of methoxy groups -OCH3 is 1. The van der Waals surface area contributed by atoms with Crippen LogP contribution in [0, 0.1) is 5.92 Å². The molecule has 1 atom stereocenters. The monoisotopic (exact) mass is 206 g/mol. The molecule has 15 heavy (non-hydrogen) atoms. The van der Waals surface area contributed by atoms with Crippen LogP contribution >= 0.6 is 0 Å². The Bertz CT molecular complexity index is 323. The largest absolute Gasteiger partial charge is 0.497 e. The van der Waals surface area contributed by atoms with Gasteiger partial charge in [0.15, 0.2) is 0 Å². The summed E-state index contributed by atoms with van der Waals surface area (Å²) in [4.78, 5) is 4.29. The van der Waals surface area contributed by atoms with Gasteiger partial charge in [-0.15, -0.1) is 0 Å². The molecule has 3 nitrogen and oxygen atoms in total. The molecule has 0 aliphatic heterocycles. The zero-order chi connectivity index (χ0) is 10.7. The molecular weight excluding hydrogens is 188 g/mol. The van der Waals surface area contributed by atoms with Crippen LogP contribution in [-0.2, 0) is 0 Å². The van der Waals surface area contributed by atoms with Crippen molar-refractivity contribution in [1.82, 2.24) is 4.98 Å². The van der Waals surface area contributed by atoms with Gasteiger partial charge in [0, 0.05) is 18.3 Å². The number of anilines is 1. The Morgan fingerprint density at radius 1 is 1.60 bits per heavy atom. The second kappa shape index (κ2) is 4.51. The fourth-order valence-corrected chi connectivity index (χ4v) is 1.86. The predicted octanol–water partition coefficient (Wildman–Crippen LogP) is 2.69. The molecule has 1 aliphatic rings. The number of hydrogen-bond donors (Lipinski definition) is 1. The van der Waals surface area contributed by atoms with Crippen molar-refractivity contribution in [2.24, 2.45) is 5.92 Å². The summed E-state index contributed by atoms with van der Waals surface area (Å²) in [6.45, 7) is 2.22. The van der Waals surface area contributed by atoms with Crippen molar-refractivity contribution in [3.05, 3.63) is 18.3 Å². The van der Waals surface area contributed by atoms with E-state index in [9.17, 15) is 0 Å². The van der Waals surface area contributed by atoms with Crippen molar-refractivity contribution < 1.29 is 4.74 Å². The summed E-state index contributed by atoms with van der Waals surface area (Å²) < 4.78 is 5.17. The maximum absolute atomic E-state index is 5.17. The van der Waals surface area contributed by atoms with Gasteiger partial charge in [-0.05, 0) is 31.2 Å². The molecule has 0 aromatic carbocycles. The van der Waals surface area contributed by atoms with E-state index in [2.05, 4.69) is 17.2 Å². The second-order valence-electron chi connectivity index (χ2n) is 4.08. The minimum Gasteiger partial charge on any atom is -0.497 e. The van der Waals surface area contributed by atoms with Crippen molar-refractivity contribution in [3.63, 3.8) is 0 Å². The van der Waals surface area contributed by atoms with Crippen LogP contribution in [0.15, 0.2) is 18.3 Å². The summed E-state index contributed by atoms with van der Waals surface area (Å²) in [5.74, 6) is 2.63. The van der Waals surface area contributed by atoms with Crippen molar-refractivity contribution in [3.8, 4) is 5.75 Å². The van der Waals surface area contributed by atoms with E-state index in [-0.39, 0.29) is 0 Å². The van der Waals surface area contributed by atoms with Crippen molar-refractivity contribution in [2.75, 3.05) is 12.4 Å². The molecule has 1 aromatic heterocycles. The molecule has 0 bridgehead atoms. The fraction of sp³-hybridized carbons (Fsp3) is 0.583. The number of aromatic nitrogens is 1. The van der Waals surface area contributed by atoms with E-state index in [1.807, 2.05) is 12.1 Å². The lowest BCUT2D eigenvalue weighted by Crippen LogP contribution is -2.21. The zero-order valence-electron chi connectivity index (χ0n) is 9.36. The highest BCUT2D eigenvalue weighted by atomic mass is 16.5. The lowest BCUT2D eigenvalue weighted by Gasteiger charge is -2.16. The first-order valence-electron chi connectivity index (χ1n) is 5.60. The first-order valence-corrected chi connectivity index (χ1v) is 5.60. The van der Waals surface area contributed by atoms with Gasteiger partial charge in [-0.2, -0.15) is 0 Å². The first-order chi connectivity index (χ1) is 7.33. The van der Waals surface area contributed by atoms with Gasteiger partial charge in [0.25, 0.3) is 0 Å². The molecule has 82 valence electrons.